The van der Waals surface area contributed by atoms with Crippen LogP contribution in [-0.4, -0.2) is 15.4 Å². The number of fused-ring (bicyclic) bond motifs is 1. The number of hydrogen-bond acceptors (Lipinski definition) is 2. The number of aromatic nitrogens is 1. The summed E-state index contributed by atoms with van der Waals surface area (Å²) in [5.74, 6) is -0.693. The summed E-state index contributed by atoms with van der Waals surface area (Å²) in [5, 5.41) is -0.978. The maximum atomic E-state index is 12.2. The minimum atomic E-state index is -0.978. The molecule has 3 aromatic rings. The number of ketones is 1. The second-order valence-corrected chi connectivity index (χ2v) is 5.17. The molecule has 1 aromatic carbocycles. The van der Waals surface area contributed by atoms with Crippen LogP contribution >= 0.6 is 11.6 Å². The van der Waals surface area contributed by atoms with E-state index in [1.165, 1.54) is 0 Å². The summed E-state index contributed by atoms with van der Waals surface area (Å²) < 4.78 is 1.72. The Morgan fingerprint density at radius 2 is 1.76 bits per heavy atom. The van der Waals surface area contributed by atoms with Gasteiger partial charge in [-0.2, -0.15) is 0 Å². The third-order valence-electron chi connectivity index (χ3n) is 3.50. The highest BCUT2D eigenvalue weighted by atomic mass is 35.5. The first kappa shape index (κ1) is 13.6. The lowest BCUT2D eigenvalue weighted by Gasteiger charge is -2.04. The van der Waals surface area contributed by atoms with Gasteiger partial charge in [0.2, 0.25) is 0 Å². The molecule has 0 aliphatic heterocycles. The number of carbonyl (C=O) groups excluding carboxylic acids is 2. The van der Waals surface area contributed by atoms with E-state index in [2.05, 4.69) is 0 Å². The fourth-order valence-corrected chi connectivity index (χ4v) is 2.59. The summed E-state index contributed by atoms with van der Waals surface area (Å²) in [4.78, 5) is 23.6. The molecule has 0 bridgehead atoms. The molecule has 2 aromatic heterocycles. The third-order valence-corrected chi connectivity index (χ3v) is 3.67. The number of hydrogen-bond donors (Lipinski definition) is 0. The Morgan fingerprint density at radius 3 is 2.43 bits per heavy atom. The molecule has 0 fully saturated rings. The van der Waals surface area contributed by atoms with E-state index < -0.39 is 11.0 Å². The van der Waals surface area contributed by atoms with Crippen molar-refractivity contribution in [3.63, 3.8) is 0 Å². The largest absolute Gasteiger partial charge is 0.313 e. The predicted octanol–water partition coefficient (Wildman–Crippen LogP) is 3.86. The van der Waals surface area contributed by atoms with Crippen LogP contribution in [0.25, 0.3) is 16.6 Å². The second-order valence-electron chi connectivity index (χ2n) is 4.82. The molecule has 0 unspecified atom stereocenters. The van der Waals surface area contributed by atoms with Crippen LogP contribution < -0.4 is 0 Å². The van der Waals surface area contributed by atoms with Crippen LogP contribution in [0.4, 0.5) is 0 Å². The lowest BCUT2D eigenvalue weighted by molar-refractivity contribution is -0.108. The smallest absolute Gasteiger partial charge is 0.294 e. The zero-order valence-corrected chi connectivity index (χ0v) is 12.1. The van der Waals surface area contributed by atoms with Gasteiger partial charge in [0, 0.05) is 17.3 Å². The quantitative estimate of drug-likeness (QED) is 0.418. The number of nitrogens with zero attached hydrogens (tertiary/aromatic N) is 1. The van der Waals surface area contributed by atoms with Crippen molar-refractivity contribution in [2.24, 2.45) is 0 Å². The van der Waals surface area contributed by atoms with E-state index in [0.29, 0.717) is 11.3 Å². The summed E-state index contributed by atoms with van der Waals surface area (Å²) in [6, 6.07) is 15.2. The number of halogens is 1. The van der Waals surface area contributed by atoms with Gasteiger partial charge in [0.05, 0.1) is 0 Å². The third kappa shape index (κ3) is 2.26. The molecule has 0 spiro atoms. The molecule has 0 aliphatic rings. The standard InChI is InChI=1S/C17H12ClNO2/c1-11-6-5-9-19-14(11)10-13(12-7-3-2-4-8-12)15(19)16(20)17(18)21/h2-10H,1H3. The normalized spacial score (nSPS) is 10.8. The van der Waals surface area contributed by atoms with Crippen molar-refractivity contribution < 1.29 is 9.59 Å². The molecule has 0 N–H and O–H groups in total. The Labute approximate surface area is 126 Å². The zero-order valence-electron chi connectivity index (χ0n) is 11.3. The molecule has 0 atom stereocenters. The number of pyridine rings is 1. The molecule has 0 aliphatic carbocycles. The van der Waals surface area contributed by atoms with Gasteiger partial charge >= 0.3 is 0 Å². The van der Waals surface area contributed by atoms with Crippen molar-refractivity contribution in [3.05, 3.63) is 66.0 Å². The second kappa shape index (κ2) is 5.19. The monoisotopic (exact) mass is 297 g/mol. The van der Waals surface area contributed by atoms with Crippen molar-refractivity contribution >= 4 is 28.1 Å². The number of rotatable bonds is 3. The molecule has 0 saturated heterocycles. The zero-order chi connectivity index (χ0) is 15.0. The molecular weight excluding hydrogens is 286 g/mol. The molecule has 2 heterocycles. The van der Waals surface area contributed by atoms with Crippen LogP contribution in [0, 0.1) is 6.92 Å². The first-order valence-electron chi connectivity index (χ1n) is 6.50. The SMILES string of the molecule is Cc1cccn2c(C(=O)C(=O)Cl)c(-c3ccccc3)cc12. The highest BCUT2D eigenvalue weighted by molar-refractivity contribution is 6.83. The summed E-state index contributed by atoms with van der Waals surface area (Å²) in [6.45, 7) is 1.96. The average Bonchev–Trinajstić information content (AvgIpc) is 2.88. The Balaban J connectivity index is 2.38. The van der Waals surface area contributed by atoms with Gasteiger partial charge in [-0.05, 0) is 41.8 Å². The van der Waals surface area contributed by atoms with Crippen molar-refractivity contribution in [1.82, 2.24) is 4.40 Å². The molecule has 4 heteroatoms. The topological polar surface area (TPSA) is 38.5 Å². The van der Waals surface area contributed by atoms with Gasteiger partial charge in [0.15, 0.2) is 0 Å². The number of aryl methyl sites for hydroxylation is 1. The minimum absolute atomic E-state index is 0.305. The Kier molecular flexibility index (Phi) is 3.35. The van der Waals surface area contributed by atoms with Crippen LogP contribution in [0.3, 0.4) is 0 Å². The van der Waals surface area contributed by atoms with Gasteiger partial charge in [-0.3, -0.25) is 9.59 Å². The maximum Gasteiger partial charge on any atom is 0.294 e. The maximum absolute atomic E-state index is 12.2. The highest BCUT2D eigenvalue weighted by Gasteiger charge is 2.23. The van der Waals surface area contributed by atoms with Crippen LogP contribution in [0.1, 0.15) is 16.1 Å². The summed E-state index contributed by atoms with van der Waals surface area (Å²) in [6.07, 6.45) is 1.77. The number of benzene rings is 1. The summed E-state index contributed by atoms with van der Waals surface area (Å²) >= 11 is 5.42. The first-order valence-corrected chi connectivity index (χ1v) is 6.87. The van der Waals surface area contributed by atoms with Crippen LogP contribution in [-0.2, 0) is 4.79 Å². The average molecular weight is 298 g/mol. The van der Waals surface area contributed by atoms with E-state index >= 15 is 0 Å². The van der Waals surface area contributed by atoms with E-state index in [1.807, 2.05) is 55.5 Å². The Morgan fingerprint density at radius 1 is 1.05 bits per heavy atom. The van der Waals surface area contributed by atoms with E-state index in [1.54, 1.807) is 10.6 Å². The van der Waals surface area contributed by atoms with Crippen LogP contribution in [0.15, 0.2) is 54.7 Å². The van der Waals surface area contributed by atoms with Crippen molar-refractivity contribution in [1.29, 1.82) is 0 Å². The molecule has 3 nitrogen and oxygen atoms in total. The van der Waals surface area contributed by atoms with Gasteiger partial charge in [0.1, 0.15) is 5.69 Å². The van der Waals surface area contributed by atoms with Gasteiger partial charge in [-0.15, -0.1) is 0 Å². The highest BCUT2D eigenvalue weighted by Crippen LogP contribution is 2.29. The Hall–Kier alpha value is -2.39. The van der Waals surface area contributed by atoms with E-state index in [0.717, 1.165) is 16.6 Å². The molecule has 21 heavy (non-hydrogen) atoms. The van der Waals surface area contributed by atoms with Crippen molar-refractivity contribution in [2.75, 3.05) is 0 Å². The molecule has 3 rings (SSSR count). The van der Waals surface area contributed by atoms with Crippen molar-refractivity contribution in [3.8, 4) is 11.1 Å². The summed E-state index contributed by atoms with van der Waals surface area (Å²) in [7, 11) is 0. The van der Waals surface area contributed by atoms with Gasteiger partial charge in [0.25, 0.3) is 11.0 Å². The van der Waals surface area contributed by atoms with Crippen molar-refractivity contribution in [2.45, 2.75) is 6.92 Å². The van der Waals surface area contributed by atoms with E-state index in [-0.39, 0.29) is 0 Å². The molecule has 104 valence electrons. The van der Waals surface area contributed by atoms with Gasteiger partial charge < -0.3 is 4.40 Å². The first-order chi connectivity index (χ1) is 10.1. The van der Waals surface area contributed by atoms with Gasteiger partial charge in [-0.25, -0.2) is 0 Å². The minimum Gasteiger partial charge on any atom is -0.313 e. The Bertz CT molecular complexity index is 850. The van der Waals surface area contributed by atoms with Crippen LogP contribution in [0.2, 0.25) is 0 Å². The predicted molar refractivity (Wildman–Crippen MR) is 82.8 cm³/mol. The van der Waals surface area contributed by atoms with E-state index in [4.69, 9.17) is 11.6 Å². The number of Topliss-reactive ketones (excluding diaryl/α,β-unsaturated/α-hetero) is 1. The molecular formula is C17H12ClNO2. The lowest BCUT2D eigenvalue weighted by Crippen LogP contribution is -2.11. The lowest BCUT2D eigenvalue weighted by atomic mass is 10.0. The molecule has 0 amide bonds. The van der Waals surface area contributed by atoms with Gasteiger partial charge in [-0.1, -0.05) is 36.4 Å². The summed E-state index contributed by atoms with van der Waals surface area (Å²) in [5.41, 5.74) is 3.80. The molecule has 0 saturated carbocycles. The number of carbonyl (C=O) groups is 2. The van der Waals surface area contributed by atoms with E-state index in [9.17, 15) is 9.59 Å². The fourth-order valence-electron chi connectivity index (χ4n) is 2.50. The van der Waals surface area contributed by atoms with Crippen LogP contribution in [0.5, 0.6) is 0 Å². The molecule has 0 radical (unpaired) electrons. The fraction of sp³-hybridized carbons (Fsp3) is 0.0588.